The van der Waals surface area contributed by atoms with Crippen LogP contribution in [-0.4, -0.2) is 38.6 Å². The molecule has 4 atom stereocenters. The van der Waals surface area contributed by atoms with Crippen LogP contribution in [0.4, 0.5) is 0 Å². The summed E-state index contributed by atoms with van der Waals surface area (Å²) in [6.07, 6.45) is 10.6. The highest BCUT2D eigenvalue weighted by atomic mass is 16.6. The van der Waals surface area contributed by atoms with Gasteiger partial charge in [0.2, 0.25) is 0 Å². The summed E-state index contributed by atoms with van der Waals surface area (Å²) < 4.78 is 23.0. The highest BCUT2D eigenvalue weighted by Gasteiger charge is 2.32. The molecule has 2 aliphatic rings. The van der Waals surface area contributed by atoms with Gasteiger partial charge in [0, 0.05) is 0 Å². The number of ether oxygens (including phenoxy) is 4. The van der Waals surface area contributed by atoms with Crippen molar-refractivity contribution >= 4 is 0 Å². The van der Waals surface area contributed by atoms with E-state index in [0.717, 1.165) is 50.8 Å². The summed E-state index contributed by atoms with van der Waals surface area (Å²) in [5.41, 5.74) is 2.39. The molecule has 0 radical (unpaired) electrons. The summed E-state index contributed by atoms with van der Waals surface area (Å²) in [5, 5.41) is 0. The smallest absolute Gasteiger partial charge is 0.119 e. The van der Waals surface area contributed by atoms with Crippen LogP contribution in [0.5, 0.6) is 11.5 Å². The number of hydrogen-bond donors (Lipinski definition) is 0. The van der Waals surface area contributed by atoms with Crippen molar-refractivity contribution in [3.05, 3.63) is 48.5 Å². The third-order valence-electron chi connectivity index (χ3n) is 7.11. The Labute approximate surface area is 205 Å². The lowest BCUT2D eigenvalue weighted by atomic mass is 9.95. The lowest BCUT2D eigenvalue weighted by molar-refractivity contribution is 0.258. The van der Waals surface area contributed by atoms with Gasteiger partial charge in [0.05, 0.1) is 38.6 Å². The summed E-state index contributed by atoms with van der Waals surface area (Å²) in [7, 11) is 0. The second kappa shape index (κ2) is 13.2. The quantitative estimate of drug-likeness (QED) is 0.181. The van der Waals surface area contributed by atoms with Gasteiger partial charge in [0.15, 0.2) is 0 Å². The van der Waals surface area contributed by atoms with Gasteiger partial charge in [-0.2, -0.15) is 0 Å². The molecule has 0 saturated carbocycles. The Balaban J connectivity index is 1.15. The van der Waals surface area contributed by atoms with Crippen molar-refractivity contribution in [2.75, 3.05) is 26.4 Å². The molecule has 0 N–H and O–H groups in total. The van der Waals surface area contributed by atoms with Crippen LogP contribution in [0.25, 0.3) is 11.1 Å². The van der Waals surface area contributed by atoms with Crippen molar-refractivity contribution in [3.8, 4) is 22.6 Å². The Morgan fingerprint density at radius 1 is 0.647 bits per heavy atom. The number of rotatable bonds is 17. The Bertz CT molecular complexity index is 752. The third-order valence-corrected chi connectivity index (χ3v) is 7.11. The maximum atomic E-state index is 5.98. The highest BCUT2D eigenvalue weighted by Crippen LogP contribution is 2.30. The molecule has 4 nitrogen and oxygen atoms in total. The van der Waals surface area contributed by atoms with Crippen LogP contribution in [0, 0.1) is 11.8 Å². The van der Waals surface area contributed by atoms with Crippen LogP contribution < -0.4 is 9.47 Å². The van der Waals surface area contributed by atoms with Crippen LogP contribution in [0.3, 0.4) is 0 Å². The third kappa shape index (κ3) is 8.02. The summed E-state index contributed by atoms with van der Waals surface area (Å²) in [4.78, 5) is 0. The Morgan fingerprint density at radius 2 is 1.03 bits per heavy atom. The Hall–Kier alpha value is -2.04. The van der Waals surface area contributed by atoms with E-state index in [4.69, 9.17) is 18.9 Å². The van der Waals surface area contributed by atoms with Gasteiger partial charge < -0.3 is 18.9 Å². The van der Waals surface area contributed by atoms with E-state index in [9.17, 15) is 0 Å². The first-order valence-electron chi connectivity index (χ1n) is 13.5. The van der Waals surface area contributed by atoms with E-state index >= 15 is 0 Å². The van der Waals surface area contributed by atoms with Gasteiger partial charge in [0.1, 0.15) is 11.5 Å². The predicted molar refractivity (Wildman–Crippen MR) is 138 cm³/mol. The maximum Gasteiger partial charge on any atom is 0.119 e. The van der Waals surface area contributed by atoms with Gasteiger partial charge in [-0.05, 0) is 85.8 Å². The van der Waals surface area contributed by atoms with Crippen molar-refractivity contribution < 1.29 is 18.9 Å². The van der Waals surface area contributed by atoms with Crippen molar-refractivity contribution in [2.45, 2.75) is 77.4 Å². The molecule has 4 rings (SSSR count). The van der Waals surface area contributed by atoms with Gasteiger partial charge >= 0.3 is 0 Å². The average molecular weight is 467 g/mol. The maximum absolute atomic E-state index is 5.98. The van der Waals surface area contributed by atoms with Crippen molar-refractivity contribution in [1.29, 1.82) is 0 Å². The molecule has 2 heterocycles. The molecule has 34 heavy (non-hydrogen) atoms. The summed E-state index contributed by atoms with van der Waals surface area (Å²) in [5.74, 6) is 3.30. The number of benzene rings is 2. The topological polar surface area (TPSA) is 43.5 Å². The SMILES string of the molecule is CCCC(CCCOc1ccc(-c2ccc(OCCCC(CCC)C3CO3)cc2)cc1)C1CO1. The summed E-state index contributed by atoms with van der Waals surface area (Å²) in [6.45, 7) is 7.95. The minimum absolute atomic E-state index is 0.511. The monoisotopic (exact) mass is 466 g/mol. The molecular formula is C30H42O4. The van der Waals surface area contributed by atoms with Gasteiger partial charge in [0.25, 0.3) is 0 Å². The molecule has 186 valence electrons. The second-order valence-electron chi connectivity index (χ2n) is 9.87. The molecule has 0 spiro atoms. The lowest BCUT2D eigenvalue weighted by Crippen LogP contribution is -2.10. The van der Waals surface area contributed by atoms with Crippen LogP contribution >= 0.6 is 0 Å². The molecule has 2 aromatic carbocycles. The molecule has 4 unspecified atom stereocenters. The first-order chi connectivity index (χ1) is 16.8. The first kappa shape index (κ1) is 25.1. The standard InChI is InChI=1S/C30H42O4/c1-3-7-25(29-21-33-29)9-5-19-31-27-15-11-23(12-16-27)24-13-17-28(18-14-24)32-20-6-10-26(8-4-2)30-22-34-30/h11-18,25-26,29-30H,3-10,19-22H2,1-2H3. The fourth-order valence-electron chi connectivity index (χ4n) is 4.99. The minimum atomic E-state index is 0.511. The van der Waals surface area contributed by atoms with Gasteiger partial charge in [-0.1, -0.05) is 51.0 Å². The zero-order valence-electron chi connectivity index (χ0n) is 21.0. The van der Waals surface area contributed by atoms with Crippen LogP contribution in [0.1, 0.15) is 65.2 Å². The molecule has 0 aliphatic carbocycles. The summed E-state index contributed by atoms with van der Waals surface area (Å²) in [6, 6.07) is 16.8. The number of hydrogen-bond acceptors (Lipinski definition) is 4. The van der Waals surface area contributed by atoms with Gasteiger partial charge in [-0.15, -0.1) is 0 Å². The van der Waals surface area contributed by atoms with Gasteiger partial charge in [-0.25, -0.2) is 0 Å². The Morgan fingerprint density at radius 3 is 1.35 bits per heavy atom. The normalized spacial score (nSPS) is 20.5. The van der Waals surface area contributed by atoms with E-state index < -0.39 is 0 Å². The molecular weight excluding hydrogens is 424 g/mol. The molecule has 2 saturated heterocycles. The van der Waals surface area contributed by atoms with E-state index in [1.165, 1.54) is 49.7 Å². The minimum Gasteiger partial charge on any atom is -0.494 e. The molecule has 2 aliphatic heterocycles. The Kier molecular flexibility index (Phi) is 9.70. The molecule has 4 heteroatoms. The van der Waals surface area contributed by atoms with E-state index in [-0.39, 0.29) is 0 Å². The molecule has 0 amide bonds. The molecule has 0 bridgehead atoms. The predicted octanol–water partition coefficient (Wildman–Crippen LogP) is 7.30. The van der Waals surface area contributed by atoms with Crippen LogP contribution in [0.15, 0.2) is 48.5 Å². The fraction of sp³-hybridized carbons (Fsp3) is 0.600. The van der Waals surface area contributed by atoms with E-state index in [1.54, 1.807) is 0 Å². The van der Waals surface area contributed by atoms with Crippen molar-refractivity contribution in [1.82, 2.24) is 0 Å². The number of epoxide rings is 2. The first-order valence-corrected chi connectivity index (χ1v) is 13.5. The van der Waals surface area contributed by atoms with E-state index in [0.29, 0.717) is 24.0 Å². The van der Waals surface area contributed by atoms with Gasteiger partial charge in [-0.3, -0.25) is 0 Å². The highest BCUT2D eigenvalue weighted by molar-refractivity contribution is 5.64. The summed E-state index contributed by atoms with van der Waals surface area (Å²) >= 11 is 0. The molecule has 2 fully saturated rings. The van der Waals surface area contributed by atoms with E-state index in [1.807, 2.05) is 0 Å². The average Bonchev–Trinajstić information content (AvgIpc) is 3.77. The van der Waals surface area contributed by atoms with Crippen LogP contribution in [-0.2, 0) is 9.47 Å². The zero-order chi connectivity index (χ0) is 23.6. The van der Waals surface area contributed by atoms with Crippen molar-refractivity contribution in [3.63, 3.8) is 0 Å². The molecule has 0 aromatic heterocycles. The van der Waals surface area contributed by atoms with Crippen molar-refractivity contribution in [2.24, 2.45) is 11.8 Å². The molecule has 2 aromatic rings. The largest absolute Gasteiger partial charge is 0.494 e. The zero-order valence-corrected chi connectivity index (χ0v) is 21.0. The van der Waals surface area contributed by atoms with Crippen LogP contribution in [0.2, 0.25) is 0 Å². The lowest BCUT2D eigenvalue weighted by Gasteiger charge is -2.14. The fourth-order valence-corrected chi connectivity index (χ4v) is 4.99. The van der Waals surface area contributed by atoms with E-state index in [2.05, 4.69) is 62.4 Å². The second-order valence-corrected chi connectivity index (χ2v) is 9.87.